The Morgan fingerprint density at radius 2 is 1.72 bits per heavy atom. The van der Waals surface area contributed by atoms with Gasteiger partial charge in [-0.2, -0.15) is 0 Å². The second kappa shape index (κ2) is 5.13. The minimum atomic E-state index is -0.853. The zero-order valence-corrected chi connectivity index (χ0v) is 11.2. The van der Waals surface area contributed by atoms with Crippen LogP contribution < -0.4 is 5.46 Å². The molecule has 0 aliphatic heterocycles. The highest BCUT2D eigenvalue weighted by atomic mass is 16.5. The summed E-state index contributed by atoms with van der Waals surface area (Å²) in [6.07, 6.45) is 0. The number of benzene rings is 2. The number of rotatable bonds is 3. The lowest BCUT2D eigenvalue weighted by molar-refractivity contribution is 0.174. The quantitative estimate of drug-likeness (QED) is 0.838. The van der Waals surface area contributed by atoms with Crippen LogP contribution >= 0.6 is 0 Å². The van der Waals surface area contributed by atoms with Crippen molar-refractivity contribution in [3.05, 3.63) is 42.5 Å². The van der Waals surface area contributed by atoms with Gasteiger partial charge in [-0.1, -0.05) is 63.2 Å². The van der Waals surface area contributed by atoms with Gasteiger partial charge in [-0.3, -0.25) is 0 Å². The summed E-state index contributed by atoms with van der Waals surface area (Å²) in [6, 6.07) is 14.0. The predicted molar refractivity (Wildman–Crippen MR) is 77.0 cm³/mol. The molecule has 0 unspecified atom stereocenters. The van der Waals surface area contributed by atoms with Crippen molar-refractivity contribution in [3.63, 3.8) is 0 Å². The minimum Gasteiger partial charge on any atom is -0.423 e. The van der Waals surface area contributed by atoms with Crippen molar-refractivity contribution in [2.24, 2.45) is 5.41 Å². The predicted octanol–water partition coefficient (Wildman–Crippen LogP) is 2.59. The first-order valence-electron chi connectivity index (χ1n) is 6.24. The molecule has 2 rings (SSSR count). The Morgan fingerprint density at radius 1 is 1.06 bits per heavy atom. The van der Waals surface area contributed by atoms with Crippen LogP contribution in [0.5, 0.6) is 0 Å². The third kappa shape index (κ3) is 3.34. The zero-order valence-electron chi connectivity index (χ0n) is 11.2. The maximum atomic E-state index is 10.0. The molecule has 0 spiro atoms. The summed E-state index contributed by atoms with van der Waals surface area (Å²) >= 11 is 0. The highest BCUT2D eigenvalue weighted by molar-refractivity contribution is 6.60. The van der Waals surface area contributed by atoms with E-state index in [0.717, 1.165) is 10.8 Å². The van der Waals surface area contributed by atoms with Gasteiger partial charge in [0.25, 0.3) is 0 Å². The van der Waals surface area contributed by atoms with Crippen molar-refractivity contribution < 1.29 is 9.68 Å². The van der Waals surface area contributed by atoms with Gasteiger partial charge in [-0.15, -0.1) is 0 Å². The summed E-state index contributed by atoms with van der Waals surface area (Å²) in [6.45, 7) is 6.78. The van der Waals surface area contributed by atoms with Gasteiger partial charge in [-0.05, 0) is 21.7 Å². The van der Waals surface area contributed by atoms with Gasteiger partial charge in [0.15, 0.2) is 0 Å². The van der Waals surface area contributed by atoms with E-state index in [0.29, 0.717) is 6.61 Å². The van der Waals surface area contributed by atoms with E-state index in [1.165, 1.54) is 5.39 Å². The van der Waals surface area contributed by atoms with Crippen LogP contribution in [0.1, 0.15) is 20.8 Å². The lowest BCUT2D eigenvalue weighted by Gasteiger charge is -2.19. The average molecular weight is 242 g/mol. The van der Waals surface area contributed by atoms with Gasteiger partial charge >= 0.3 is 7.12 Å². The maximum absolute atomic E-state index is 10.0. The fourth-order valence-corrected chi connectivity index (χ4v) is 1.79. The molecular formula is C15H19BO2. The van der Waals surface area contributed by atoms with Crippen molar-refractivity contribution in [3.8, 4) is 0 Å². The molecule has 2 nitrogen and oxygen atoms in total. The Labute approximate surface area is 109 Å². The summed E-state index contributed by atoms with van der Waals surface area (Å²) in [7, 11) is -0.853. The van der Waals surface area contributed by atoms with Crippen LogP contribution in [0, 0.1) is 5.41 Å². The largest absolute Gasteiger partial charge is 0.491 e. The van der Waals surface area contributed by atoms with E-state index in [1.807, 2.05) is 36.4 Å². The number of hydrogen-bond acceptors (Lipinski definition) is 2. The summed E-state index contributed by atoms with van der Waals surface area (Å²) in [4.78, 5) is 0. The lowest BCUT2D eigenvalue weighted by Crippen LogP contribution is -2.36. The maximum Gasteiger partial charge on any atom is 0.491 e. The van der Waals surface area contributed by atoms with Gasteiger partial charge in [0.1, 0.15) is 0 Å². The Kier molecular flexibility index (Phi) is 3.74. The molecule has 1 N–H and O–H groups in total. The molecule has 0 heterocycles. The highest BCUT2D eigenvalue weighted by Gasteiger charge is 2.20. The highest BCUT2D eigenvalue weighted by Crippen LogP contribution is 2.14. The van der Waals surface area contributed by atoms with Crippen LogP contribution in [0.15, 0.2) is 42.5 Å². The van der Waals surface area contributed by atoms with Crippen molar-refractivity contribution in [1.29, 1.82) is 0 Å². The zero-order chi connectivity index (χ0) is 13.2. The molecule has 2 aromatic carbocycles. The normalized spacial score (nSPS) is 11.8. The second-order valence-electron chi connectivity index (χ2n) is 5.83. The molecule has 0 saturated heterocycles. The SMILES string of the molecule is CC(C)(C)COB(O)c1ccc2ccccc2c1. The van der Waals surface area contributed by atoms with Crippen LogP contribution in [0.2, 0.25) is 0 Å². The summed E-state index contributed by atoms with van der Waals surface area (Å²) in [5, 5.41) is 12.3. The molecule has 0 radical (unpaired) electrons. The first kappa shape index (κ1) is 13.1. The smallest absolute Gasteiger partial charge is 0.423 e. The molecule has 2 aromatic rings. The first-order valence-corrected chi connectivity index (χ1v) is 6.24. The fourth-order valence-electron chi connectivity index (χ4n) is 1.79. The molecule has 94 valence electrons. The van der Waals surface area contributed by atoms with Crippen LogP contribution in [0.4, 0.5) is 0 Å². The average Bonchev–Trinajstić information content (AvgIpc) is 2.34. The van der Waals surface area contributed by atoms with E-state index in [9.17, 15) is 5.02 Å². The van der Waals surface area contributed by atoms with Gasteiger partial charge in [0, 0.05) is 6.61 Å². The Bertz CT molecular complexity index is 531. The third-order valence-electron chi connectivity index (χ3n) is 2.73. The monoisotopic (exact) mass is 242 g/mol. The summed E-state index contributed by atoms with van der Waals surface area (Å²) < 4.78 is 5.50. The van der Waals surface area contributed by atoms with E-state index < -0.39 is 7.12 Å². The van der Waals surface area contributed by atoms with E-state index in [2.05, 4.69) is 26.8 Å². The van der Waals surface area contributed by atoms with Gasteiger partial charge in [-0.25, -0.2) is 0 Å². The van der Waals surface area contributed by atoms with Gasteiger partial charge in [0.2, 0.25) is 0 Å². The Balaban J connectivity index is 2.15. The molecule has 0 aromatic heterocycles. The summed E-state index contributed by atoms with van der Waals surface area (Å²) in [5.74, 6) is 0. The van der Waals surface area contributed by atoms with E-state index in [4.69, 9.17) is 4.65 Å². The van der Waals surface area contributed by atoms with Crippen LogP contribution in [-0.4, -0.2) is 18.7 Å². The molecule has 0 amide bonds. The molecule has 3 heteroatoms. The van der Waals surface area contributed by atoms with Crippen molar-refractivity contribution in [2.45, 2.75) is 20.8 Å². The van der Waals surface area contributed by atoms with E-state index >= 15 is 0 Å². The van der Waals surface area contributed by atoms with Crippen LogP contribution in [-0.2, 0) is 4.65 Å². The topological polar surface area (TPSA) is 29.5 Å². The van der Waals surface area contributed by atoms with Crippen LogP contribution in [0.25, 0.3) is 10.8 Å². The van der Waals surface area contributed by atoms with Gasteiger partial charge < -0.3 is 9.68 Å². The molecular weight excluding hydrogens is 223 g/mol. The summed E-state index contributed by atoms with van der Waals surface area (Å²) in [5.41, 5.74) is 0.857. The molecule has 0 atom stereocenters. The molecule has 0 fully saturated rings. The molecule has 0 saturated carbocycles. The molecule has 0 bridgehead atoms. The minimum absolute atomic E-state index is 0.0534. The molecule has 0 aliphatic rings. The van der Waals surface area contributed by atoms with Crippen molar-refractivity contribution in [2.75, 3.05) is 6.61 Å². The standard InChI is InChI=1S/C15H19BO2/c1-15(2,3)11-18-16(17)14-9-8-12-6-4-5-7-13(12)10-14/h4-10,17H,11H2,1-3H3. The first-order chi connectivity index (χ1) is 8.46. The lowest BCUT2D eigenvalue weighted by atomic mass is 9.78. The van der Waals surface area contributed by atoms with Crippen LogP contribution in [0.3, 0.4) is 0 Å². The van der Waals surface area contributed by atoms with E-state index in [1.54, 1.807) is 0 Å². The van der Waals surface area contributed by atoms with Gasteiger partial charge in [0.05, 0.1) is 0 Å². The van der Waals surface area contributed by atoms with E-state index in [-0.39, 0.29) is 5.41 Å². The Morgan fingerprint density at radius 3 is 2.39 bits per heavy atom. The fraction of sp³-hybridized carbons (Fsp3) is 0.333. The third-order valence-corrected chi connectivity index (χ3v) is 2.73. The second-order valence-corrected chi connectivity index (χ2v) is 5.83. The number of fused-ring (bicyclic) bond motifs is 1. The molecule has 18 heavy (non-hydrogen) atoms. The Hall–Kier alpha value is -1.32. The van der Waals surface area contributed by atoms with Crippen molar-refractivity contribution >= 4 is 23.4 Å². The van der Waals surface area contributed by atoms with Crippen molar-refractivity contribution in [1.82, 2.24) is 0 Å². The number of hydrogen-bond donors (Lipinski definition) is 1. The molecule has 0 aliphatic carbocycles.